The Morgan fingerprint density at radius 3 is 2.60 bits per heavy atom. The summed E-state index contributed by atoms with van der Waals surface area (Å²) in [5, 5.41) is 11.2. The molecule has 1 aromatic rings. The van der Waals surface area contributed by atoms with E-state index in [0.717, 1.165) is 25.9 Å². The maximum absolute atomic E-state index is 9.07. The van der Waals surface area contributed by atoms with Crippen molar-refractivity contribution in [1.29, 1.82) is 0 Å². The Balaban J connectivity index is 2.56. The van der Waals surface area contributed by atoms with E-state index in [4.69, 9.17) is 5.11 Å². The van der Waals surface area contributed by atoms with E-state index in [9.17, 15) is 0 Å². The normalized spacial score (nSPS) is 11.5. The molecule has 1 heterocycles. The van der Waals surface area contributed by atoms with Crippen molar-refractivity contribution >= 4 is 11.3 Å². The van der Waals surface area contributed by atoms with Gasteiger partial charge < -0.3 is 5.11 Å². The van der Waals surface area contributed by atoms with Gasteiger partial charge in [0.15, 0.2) is 0 Å². The smallest absolute Gasteiger partial charge is 0.0558 e. The Kier molecular flexibility index (Phi) is 5.91. The van der Waals surface area contributed by atoms with E-state index in [1.807, 2.05) is 0 Å². The standard InChI is InChI=1S/C12H21NOS/c1-3-11(4-2)13(7-8-14)10-12-6-5-9-15-12/h5-6,9,11,14H,3-4,7-8,10H2,1-2H3. The summed E-state index contributed by atoms with van der Waals surface area (Å²) in [6.07, 6.45) is 2.31. The molecule has 0 saturated heterocycles. The average Bonchev–Trinajstić information content (AvgIpc) is 2.72. The highest BCUT2D eigenvalue weighted by Gasteiger charge is 2.14. The Bertz CT molecular complexity index is 244. The Labute approximate surface area is 96.5 Å². The van der Waals surface area contributed by atoms with E-state index in [1.165, 1.54) is 4.88 Å². The molecule has 0 spiro atoms. The SMILES string of the molecule is CCC(CC)N(CCO)Cc1cccs1. The molecule has 86 valence electrons. The molecule has 0 bridgehead atoms. The molecule has 0 radical (unpaired) electrons. The summed E-state index contributed by atoms with van der Waals surface area (Å²) in [4.78, 5) is 3.77. The van der Waals surface area contributed by atoms with Gasteiger partial charge in [0.05, 0.1) is 6.61 Å². The van der Waals surface area contributed by atoms with Gasteiger partial charge >= 0.3 is 0 Å². The van der Waals surface area contributed by atoms with Crippen LogP contribution in [0.2, 0.25) is 0 Å². The molecule has 1 N–H and O–H groups in total. The third-order valence-electron chi connectivity index (χ3n) is 2.79. The summed E-state index contributed by atoms with van der Waals surface area (Å²) in [7, 11) is 0. The molecule has 0 saturated carbocycles. The molecular weight excluding hydrogens is 206 g/mol. The van der Waals surface area contributed by atoms with Gasteiger partial charge in [-0.1, -0.05) is 19.9 Å². The number of hydrogen-bond donors (Lipinski definition) is 1. The van der Waals surface area contributed by atoms with Crippen LogP contribution in [0, 0.1) is 0 Å². The monoisotopic (exact) mass is 227 g/mol. The summed E-state index contributed by atoms with van der Waals surface area (Å²) < 4.78 is 0. The summed E-state index contributed by atoms with van der Waals surface area (Å²) in [5.74, 6) is 0. The van der Waals surface area contributed by atoms with Crippen molar-refractivity contribution in [2.75, 3.05) is 13.2 Å². The first-order valence-corrected chi connectivity index (χ1v) is 6.57. The number of aliphatic hydroxyl groups is 1. The van der Waals surface area contributed by atoms with Crippen molar-refractivity contribution in [3.63, 3.8) is 0 Å². The zero-order valence-corrected chi connectivity index (χ0v) is 10.5. The predicted molar refractivity (Wildman–Crippen MR) is 66.2 cm³/mol. The highest BCUT2D eigenvalue weighted by atomic mass is 32.1. The first-order chi connectivity index (χ1) is 7.31. The van der Waals surface area contributed by atoms with Crippen LogP contribution < -0.4 is 0 Å². The van der Waals surface area contributed by atoms with Gasteiger partial charge in [0.2, 0.25) is 0 Å². The minimum atomic E-state index is 0.252. The van der Waals surface area contributed by atoms with Crippen LogP contribution in [0.4, 0.5) is 0 Å². The van der Waals surface area contributed by atoms with Gasteiger partial charge in [-0.15, -0.1) is 11.3 Å². The van der Waals surface area contributed by atoms with Crippen molar-refractivity contribution in [3.8, 4) is 0 Å². The van der Waals surface area contributed by atoms with Crippen LogP contribution in [0.15, 0.2) is 17.5 Å². The molecule has 3 heteroatoms. The van der Waals surface area contributed by atoms with Crippen molar-refractivity contribution in [1.82, 2.24) is 4.90 Å². The van der Waals surface area contributed by atoms with Gasteiger partial charge in [0.1, 0.15) is 0 Å². The van der Waals surface area contributed by atoms with Gasteiger partial charge in [-0.3, -0.25) is 4.90 Å². The topological polar surface area (TPSA) is 23.5 Å². The molecule has 2 nitrogen and oxygen atoms in total. The molecule has 0 aliphatic heterocycles. The molecule has 0 fully saturated rings. The number of nitrogens with zero attached hydrogens (tertiary/aromatic N) is 1. The summed E-state index contributed by atoms with van der Waals surface area (Å²) in [6, 6.07) is 4.85. The summed E-state index contributed by atoms with van der Waals surface area (Å²) in [6.45, 7) is 6.44. The maximum atomic E-state index is 9.07. The fourth-order valence-corrected chi connectivity index (χ4v) is 2.66. The van der Waals surface area contributed by atoms with Crippen LogP contribution in [-0.4, -0.2) is 29.2 Å². The fraction of sp³-hybridized carbons (Fsp3) is 0.667. The first kappa shape index (κ1) is 12.7. The Morgan fingerprint density at radius 2 is 2.13 bits per heavy atom. The molecule has 15 heavy (non-hydrogen) atoms. The minimum absolute atomic E-state index is 0.252. The second-order valence-corrected chi connectivity index (χ2v) is 4.78. The predicted octanol–water partition coefficient (Wildman–Crippen LogP) is 2.73. The Hall–Kier alpha value is -0.380. The highest BCUT2D eigenvalue weighted by molar-refractivity contribution is 7.09. The molecule has 0 amide bonds. The maximum Gasteiger partial charge on any atom is 0.0558 e. The second kappa shape index (κ2) is 6.99. The quantitative estimate of drug-likeness (QED) is 0.774. The molecule has 1 aromatic heterocycles. The molecular formula is C12H21NOS. The second-order valence-electron chi connectivity index (χ2n) is 3.74. The van der Waals surface area contributed by atoms with Crippen LogP contribution in [0.1, 0.15) is 31.6 Å². The van der Waals surface area contributed by atoms with Crippen molar-refractivity contribution in [2.24, 2.45) is 0 Å². The minimum Gasteiger partial charge on any atom is -0.395 e. The lowest BCUT2D eigenvalue weighted by molar-refractivity contribution is 0.138. The molecule has 0 aliphatic rings. The lowest BCUT2D eigenvalue weighted by Crippen LogP contribution is -2.35. The summed E-state index contributed by atoms with van der Waals surface area (Å²) in [5.41, 5.74) is 0. The largest absolute Gasteiger partial charge is 0.395 e. The molecule has 0 aliphatic carbocycles. The fourth-order valence-electron chi connectivity index (χ4n) is 1.93. The van der Waals surface area contributed by atoms with E-state index in [0.29, 0.717) is 6.04 Å². The van der Waals surface area contributed by atoms with Crippen LogP contribution in [0.25, 0.3) is 0 Å². The number of thiophene rings is 1. The molecule has 0 unspecified atom stereocenters. The summed E-state index contributed by atoms with van der Waals surface area (Å²) >= 11 is 1.79. The molecule has 1 rings (SSSR count). The average molecular weight is 227 g/mol. The third kappa shape index (κ3) is 3.93. The lowest BCUT2D eigenvalue weighted by atomic mass is 10.1. The van der Waals surface area contributed by atoms with E-state index in [-0.39, 0.29) is 6.61 Å². The van der Waals surface area contributed by atoms with Gasteiger partial charge in [0.25, 0.3) is 0 Å². The third-order valence-corrected chi connectivity index (χ3v) is 3.65. The Morgan fingerprint density at radius 1 is 1.40 bits per heavy atom. The van der Waals surface area contributed by atoms with Gasteiger partial charge in [-0.25, -0.2) is 0 Å². The van der Waals surface area contributed by atoms with Crippen LogP contribution in [0.3, 0.4) is 0 Å². The van der Waals surface area contributed by atoms with E-state index in [1.54, 1.807) is 11.3 Å². The van der Waals surface area contributed by atoms with Crippen LogP contribution in [0.5, 0.6) is 0 Å². The number of hydrogen-bond acceptors (Lipinski definition) is 3. The van der Waals surface area contributed by atoms with Crippen LogP contribution >= 0.6 is 11.3 Å². The van der Waals surface area contributed by atoms with Gasteiger partial charge in [-0.2, -0.15) is 0 Å². The van der Waals surface area contributed by atoms with E-state index < -0.39 is 0 Å². The van der Waals surface area contributed by atoms with Crippen LogP contribution in [-0.2, 0) is 6.54 Å². The lowest BCUT2D eigenvalue weighted by Gasteiger charge is -2.29. The van der Waals surface area contributed by atoms with Crippen molar-refractivity contribution in [2.45, 2.75) is 39.3 Å². The van der Waals surface area contributed by atoms with Crippen molar-refractivity contribution < 1.29 is 5.11 Å². The van der Waals surface area contributed by atoms with E-state index in [2.05, 4.69) is 36.3 Å². The van der Waals surface area contributed by atoms with Crippen molar-refractivity contribution in [3.05, 3.63) is 22.4 Å². The van der Waals surface area contributed by atoms with E-state index >= 15 is 0 Å². The number of aliphatic hydroxyl groups excluding tert-OH is 1. The van der Waals surface area contributed by atoms with Gasteiger partial charge in [0, 0.05) is 24.0 Å². The number of rotatable bonds is 7. The molecule has 0 atom stereocenters. The highest BCUT2D eigenvalue weighted by Crippen LogP contribution is 2.16. The van der Waals surface area contributed by atoms with Gasteiger partial charge in [-0.05, 0) is 24.3 Å². The molecule has 0 aromatic carbocycles. The first-order valence-electron chi connectivity index (χ1n) is 5.69. The zero-order valence-electron chi connectivity index (χ0n) is 9.65. The zero-order chi connectivity index (χ0) is 11.1.